The fraction of sp³-hybridized carbons (Fsp3) is 0.167. The summed E-state index contributed by atoms with van der Waals surface area (Å²) in [5.74, 6) is -0.743. The molecule has 8 heteroatoms. The third-order valence-corrected chi connectivity index (χ3v) is 3.75. The first-order valence-electron chi connectivity index (χ1n) is 5.75. The Kier molecular flexibility index (Phi) is 3.19. The molecule has 1 aromatic heterocycles. The van der Waals surface area contributed by atoms with E-state index in [1.165, 1.54) is 24.8 Å². The summed E-state index contributed by atoms with van der Waals surface area (Å²) in [6.07, 6.45) is 2.91. The number of nitrogens with zero attached hydrogens (tertiary/aromatic N) is 4. The predicted molar refractivity (Wildman–Crippen MR) is 71.9 cm³/mol. The van der Waals surface area contributed by atoms with Crippen LogP contribution in [0.5, 0.6) is 0 Å². The molecule has 20 heavy (non-hydrogen) atoms. The number of fused-ring (bicyclic) bond motifs is 1. The Bertz CT molecular complexity index is 659. The van der Waals surface area contributed by atoms with Gasteiger partial charge in [-0.05, 0) is 12.1 Å². The fourth-order valence-electron chi connectivity index (χ4n) is 2.04. The van der Waals surface area contributed by atoms with Gasteiger partial charge in [0.15, 0.2) is 0 Å². The zero-order valence-electron chi connectivity index (χ0n) is 10.1. The molecular weight excluding hydrogens is 303 g/mol. The first-order valence-corrected chi connectivity index (χ1v) is 6.51. The van der Waals surface area contributed by atoms with Gasteiger partial charge in [0.05, 0.1) is 27.7 Å². The van der Waals surface area contributed by atoms with Gasteiger partial charge in [0.2, 0.25) is 0 Å². The van der Waals surface area contributed by atoms with Crippen LogP contribution in [-0.2, 0) is 6.54 Å². The summed E-state index contributed by atoms with van der Waals surface area (Å²) in [5, 5.41) is 4.43. The van der Waals surface area contributed by atoms with Crippen LogP contribution in [0.3, 0.4) is 0 Å². The van der Waals surface area contributed by atoms with E-state index in [2.05, 4.69) is 10.1 Å². The molecule has 1 aliphatic rings. The number of imide groups is 1. The number of rotatable bonds is 3. The van der Waals surface area contributed by atoms with Gasteiger partial charge in [0.1, 0.15) is 12.7 Å². The van der Waals surface area contributed by atoms with Crippen LogP contribution in [0, 0.1) is 0 Å². The number of carbonyl (C=O) groups is 2. The molecule has 0 aliphatic carbocycles. The molecule has 2 amide bonds. The Morgan fingerprint density at radius 2 is 1.60 bits per heavy atom. The molecule has 0 saturated heterocycles. The molecule has 0 unspecified atom stereocenters. The summed E-state index contributed by atoms with van der Waals surface area (Å²) in [5.41, 5.74) is 0.561. The van der Waals surface area contributed by atoms with Crippen LogP contribution < -0.4 is 0 Å². The maximum absolute atomic E-state index is 12.2. The summed E-state index contributed by atoms with van der Waals surface area (Å²) >= 11 is 11.8. The summed E-state index contributed by atoms with van der Waals surface area (Å²) < 4.78 is 1.55. The van der Waals surface area contributed by atoms with Crippen molar-refractivity contribution in [3.8, 4) is 0 Å². The molecular formula is C12H8Cl2N4O2. The van der Waals surface area contributed by atoms with Gasteiger partial charge in [-0.15, -0.1) is 0 Å². The molecule has 3 rings (SSSR count). The summed E-state index contributed by atoms with van der Waals surface area (Å²) in [7, 11) is 0. The average molecular weight is 311 g/mol. The number of hydrogen-bond acceptors (Lipinski definition) is 4. The number of hydrogen-bond donors (Lipinski definition) is 0. The SMILES string of the molecule is O=C1c2cc(Cl)c(Cl)cc2C(=O)N1CCn1cncn1. The van der Waals surface area contributed by atoms with Crippen molar-refractivity contribution in [2.45, 2.75) is 6.54 Å². The minimum Gasteiger partial charge on any atom is -0.272 e. The van der Waals surface area contributed by atoms with Crippen LogP contribution in [0.25, 0.3) is 0 Å². The standard InChI is InChI=1S/C12H8Cl2N4O2/c13-9-3-7-8(4-10(9)14)12(20)18(11(7)19)2-1-17-6-15-5-16-17/h3-6H,1-2H2. The van der Waals surface area contributed by atoms with Crippen LogP contribution in [0.4, 0.5) is 0 Å². The molecule has 0 fully saturated rings. The van der Waals surface area contributed by atoms with Gasteiger partial charge in [0.25, 0.3) is 11.8 Å². The minimum atomic E-state index is -0.372. The Morgan fingerprint density at radius 3 is 2.10 bits per heavy atom. The molecule has 0 atom stereocenters. The molecule has 0 bridgehead atoms. The van der Waals surface area contributed by atoms with Crippen LogP contribution in [0.2, 0.25) is 10.0 Å². The smallest absolute Gasteiger partial charge is 0.261 e. The normalized spacial score (nSPS) is 14.0. The lowest BCUT2D eigenvalue weighted by Gasteiger charge is -2.13. The summed E-state index contributed by atoms with van der Waals surface area (Å²) in [6, 6.07) is 2.85. The molecule has 6 nitrogen and oxygen atoms in total. The molecule has 1 aliphatic heterocycles. The maximum Gasteiger partial charge on any atom is 0.261 e. The van der Waals surface area contributed by atoms with E-state index in [1.807, 2.05) is 0 Å². The highest BCUT2D eigenvalue weighted by Gasteiger charge is 2.36. The van der Waals surface area contributed by atoms with Gasteiger partial charge in [-0.1, -0.05) is 23.2 Å². The third-order valence-electron chi connectivity index (χ3n) is 3.03. The van der Waals surface area contributed by atoms with Gasteiger partial charge in [-0.25, -0.2) is 4.98 Å². The minimum absolute atomic E-state index is 0.213. The van der Waals surface area contributed by atoms with Gasteiger partial charge in [0, 0.05) is 6.54 Å². The highest BCUT2D eigenvalue weighted by atomic mass is 35.5. The van der Waals surface area contributed by atoms with Crippen LogP contribution in [0.1, 0.15) is 20.7 Å². The predicted octanol–water partition coefficient (Wildman–Crippen LogP) is 1.88. The lowest BCUT2D eigenvalue weighted by atomic mass is 10.1. The number of amides is 2. The van der Waals surface area contributed by atoms with E-state index in [4.69, 9.17) is 23.2 Å². The van der Waals surface area contributed by atoms with Crippen molar-refractivity contribution in [3.05, 3.63) is 46.0 Å². The summed E-state index contributed by atoms with van der Waals surface area (Å²) in [6.45, 7) is 0.595. The Balaban J connectivity index is 1.85. The average Bonchev–Trinajstić information content (AvgIpc) is 3.00. The van der Waals surface area contributed by atoms with Gasteiger partial charge >= 0.3 is 0 Å². The van der Waals surface area contributed by atoms with E-state index < -0.39 is 0 Å². The highest BCUT2D eigenvalue weighted by Crippen LogP contribution is 2.31. The monoisotopic (exact) mass is 310 g/mol. The van der Waals surface area contributed by atoms with Crippen molar-refractivity contribution in [1.29, 1.82) is 0 Å². The number of benzene rings is 1. The lowest BCUT2D eigenvalue weighted by molar-refractivity contribution is 0.0647. The maximum atomic E-state index is 12.2. The molecule has 1 aromatic carbocycles. The molecule has 2 aromatic rings. The first kappa shape index (κ1) is 13.1. The summed E-state index contributed by atoms with van der Waals surface area (Å²) in [4.78, 5) is 29.3. The fourth-order valence-corrected chi connectivity index (χ4v) is 2.36. The lowest BCUT2D eigenvalue weighted by Crippen LogP contribution is -2.33. The van der Waals surface area contributed by atoms with Crippen molar-refractivity contribution in [2.24, 2.45) is 0 Å². The highest BCUT2D eigenvalue weighted by molar-refractivity contribution is 6.43. The van der Waals surface area contributed by atoms with Crippen LogP contribution in [0.15, 0.2) is 24.8 Å². The third kappa shape index (κ3) is 2.07. The topological polar surface area (TPSA) is 68.1 Å². The van der Waals surface area contributed by atoms with E-state index in [9.17, 15) is 9.59 Å². The number of halogens is 2. The molecule has 102 valence electrons. The second-order valence-electron chi connectivity index (χ2n) is 4.23. The number of aromatic nitrogens is 3. The zero-order chi connectivity index (χ0) is 14.3. The van der Waals surface area contributed by atoms with E-state index in [-0.39, 0.29) is 39.5 Å². The second kappa shape index (κ2) is 4.88. The van der Waals surface area contributed by atoms with Crippen LogP contribution >= 0.6 is 23.2 Å². The van der Waals surface area contributed by atoms with Gasteiger partial charge in [-0.3, -0.25) is 19.2 Å². The van der Waals surface area contributed by atoms with Crippen LogP contribution in [-0.4, -0.2) is 38.0 Å². The molecule has 2 heterocycles. The largest absolute Gasteiger partial charge is 0.272 e. The van der Waals surface area contributed by atoms with E-state index in [0.717, 1.165) is 4.90 Å². The molecule has 0 spiro atoms. The van der Waals surface area contributed by atoms with Gasteiger partial charge in [-0.2, -0.15) is 5.10 Å². The van der Waals surface area contributed by atoms with E-state index in [1.54, 1.807) is 4.68 Å². The van der Waals surface area contributed by atoms with Crippen molar-refractivity contribution < 1.29 is 9.59 Å². The Morgan fingerprint density at radius 1 is 1.00 bits per heavy atom. The Hall–Kier alpha value is -1.92. The van der Waals surface area contributed by atoms with Crippen molar-refractivity contribution in [1.82, 2.24) is 19.7 Å². The molecule has 0 saturated carbocycles. The molecule has 0 N–H and O–H groups in total. The second-order valence-corrected chi connectivity index (χ2v) is 5.05. The quantitative estimate of drug-likeness (QED) is 0.812. The zero-order valence-corrected chi connectivity index (χ0v) is 11.6. The van der Waals surface area contributed by atoms with Crippen molar-refractivity contribution >= 4 is 35.0 Å². The van der Waals surface area contributed by atoms with Crippen molar-refractivity contribution in [2.75, 3.05) is 6.54 Å². The Labute approximate surface area is 123 Å². The molecule has 0 radical (unpaired) electrons. The van der Waals surface area contributed by atoms with Gasteiger partial charge < -0.3 is 0 Å². The van der Waals surface area contributed by atoms with E-state index in [0.29, 0.717) is 6.54 Å². The first-order chi connectivity index (χ1) is 9.58. The number of carbonyl (C=O) groups excluding carboxylic acids is 2. The van der Waals surface area contributed by atoms with E-state index >= 15 is 0 Å². The van der Waals surface area contributed by atoms with Crippen molar-refractivity contribution in [3.63, 3.8) is 0 Å².